The second-order valence-electron chi connectivity index (χ2n) is 6.20. The fourth-order valence-corrected chi connectivity index (χ4v) is 3.76. The van der Waals surface area contributed by atoms with Crippen molar-refractivity contribution in [3.63, 3.8) is 0 Å². The Balaban J connectivity index is 1.53. The lowest BCUT2D eigenvalue weighted by Crippen LogP contribution is -2.39. The summed E-state index contributed by atoms with van der Waals surface area (Å²) in [5.74, 6) is 1.84. The van der Waals surface area contributed by atoms with Crippen LogP contribution in [-0.4, -0.2) is 11.9 Å². The van der Waals surface area contributed by atoms with E-state index in [2.05, 4.69) is 36.5 Å². The van der Waals surface area contributed by atoms with Crippen LogP contribution in [0.5, 0.6) is 0 Å². The van der Waals surface area contributed by atoms with Gasteiger partial charge in [-0.25, -0.2) is 0 Å². The van der Waals surface area contributed by atoms with Gasteiger partial charge < -0.3 is 5.32 Å². The monoisotopic (exact) mass is 257 g/mol. The van der Waals surface area contributed by atoms with Crippen LogP contribution < -0.4 is 5.32 Å². The largest absolute Gasteiger partial charge is 0.353 e. The van der Waals surface area contributed by atoms with Crippen LogP contribution in [0.3, 0.4) is 0 Å². The zero-order valence-corrected chi connectivity index (χ0v) is 11.7. The maximum Gasteiger partial charge on any atom is 0.224 e. The number of rotatable bonds is 4. The van der Waals surface area contributed by atoms with E-state index in [1.165, 1.54) is 31.2 Å². The van der Waals surface area contributed by atoms with Gasteiger partial charge in [0, 0.05) is 6.04 Å². The molecule has 2 saturated carbocycles. The number of nitrogens with one attached hydrogen (secondary N) is 1. The molecule has 3 atom stereocenters. The number of hydrogen-bond donors (Lipinski definition) is 1. The van der Waals surface area contributed by atoms with Crippen LogP contribution in [0.25, 0.3) is 0 Å². The average Bonchev–Trinajstić information content (AvgIpc) is 3.02. The van der Waals surface area contributed by atoms with E-state index in [9.17, 15) is 4.79 Å². The lowest BCUT2D eigenvalue weighted by molar-refractivity contribution is -0.121. The van der Waals surface area contributed by atoms with Crippen molar-refractivity contribution >= 4 is 5.91 Å². The first-order valence-electron chi connectivity index (χ1n) is 7.61. The Morgan fingerprint density at radius 2 is 1.89 bits per heavy atom. The summed E-state index contributed by atoms with van der Waals surface area (Å²) in [5.41, 5.74) is 2.45. The molecule has 0 spiro atoms. The summed E-state index contributed by atoms with van der Waals surface area (Å²) >= 11 is 0. The summed E-state index contributed by atoms with van der Waals surface area (Å²) < 4.78 is 0. The Kier molecular flexibility index (Phi) is 3.58. The molecule has 1 aromatic carbocycles. The summed E-state index contributed by atoms with van der Waals surface area (Å²) in [6.45, 7) is 2.15. The van der Waals surface area contributed by atoms with Gasteiger partial charge in [-0.05, 0) is 48.6 Å². The number of aryl methyl sites for hydroxylation is 1. The SMILES string of the molecule is CCc1ccc(CC(=O)NC2CC3CCC2C3)cc1. The third-order valence-corrected chi connectivity index (χ3v) is 4.88. The number of benzene rings is 1. The van der Waals surface area contributed by atoms with E-state index < -0.39 is 0 Å². The molecule has 0 aliphatic heterocycles. The van der Waals surface area contributed by atoms with Crippen molar-refractivity contribution in [1.82, 2.24) is 5.32 Å². The summed E-state index contributed by atoms with van der Waals surface area (Å²) in [6.07, 6.45) is 6.84. The molecular formula is C17H23NO. The highest BCUT2D eigenvalue weighted by atomic mass is 16.1. The van der Waals surface area contributed by atoms with E-state index in [0.29, 0.717) is 12.5 Å². The van der Waals surface area contributed by atoms with E-state index in [0.717, 1.165) is 23.8 Å². The second kappa shape index (κ2) is 5.36. The van der Waals surface area contributed by atoms with Crippen molar-refractivity contribution in [2.75, 3.05) is 0 Å². The lowest BCUT2D eigenvalue weighted by Gasteiger charge is -2.22. The predicted octanol–water partition coefficient (Wildman–Crippen LogP) is 3.10. The molecular weight excluding hydrogens is 234 g/mol. The minimum atomic E-state index is 0.196. The highest BCUT2D eigenvalue weighted by Gasteiger charge is 2.39. The Hall–Kier alpha value is -1.31. The molecule has 3 unspecified atom stereocenters. The Bertz CT molecular complexity index is 451. The third kappa shape index (κ3) is 2.83. The molecule has 2 heteroatoms. The number of carbonyl (C=O) groups is 1. The summed E-state index contributed by atoms with van der Waals surface area (Å²) in [5, 5.41) is 3.25. The number of hydrogen-bond acceptors (Lipinski definition) is 1. The van der Waals surface area contributed by atoms with Gasteiger partial charge in [-0.3, -0.25) is 4.79 Å². The van der Waals surface area contributed by atoms with Crippen molar-refractivity contribution in [2.45, 2.75) is 51.5 Å². The highest BCUT2D eigenvalue weighted by Crippen LogP contribution is 2.44. The van der Waals surface area contributed by atoms with Crippen LogP contribution in [0.4, 0.5) is 0 Å². The van der Waals surface area contributed by atoms with E-state index in [1.54, 1.807) is 0 Å². The first kappa shape index (κ1) is 12.7. The molecule has 19 heavy (non-hydrogen) atoms. The van der Waals surface area contributed by atoms with Crippen LogP contribution in [0.2, 0.25) is 0 Å². The molecule has 1 N–H and O–H groups in total. The molecule has 0 heterocycles. The van der Waals surface area contributed by atoms with E-state index in [4.69, 9.17) is 0 Å². The number of fused-ring (bicyclic) bond motifs is 2. The van der Waals surface area contributed by atoms with E-state index in [1.807, 2.05) is 0 Å². The van der Waals surface area contributed by atoms with E-state index in [-0.39, 0.29) is 5.91 Å². The van der Waals surface area contributed by atoms with Crippen LogP contribution in [0.15, 0.2) is 24.3 Å². The van der Waals surface area contributed by atoms with Gasteiger partial charge in [0.2, 0.25) is 5.91 Å². The Morgan fingerprint density at radius 3 is 2.47 bits per heavy atom. The molecule has 0 radical (unpaired) electrons. The molecule has 1 amide bonds. The standard InChI is InChI=1S/C17H23NO/c1-2-12-3-5-13(6-4-12)11-17(19)18-16-10-14-7-8-15(16)9-14/h3-6,14-16H,2,7-11H2,1H3,(H,18,19). The molecule has 3 rings (SSSR count). The Morgan fingerprint density at radius 1 is 1.16 bits per heavy atom. The zero-order chi connectivity index (χ0) is 13.2. The van der Waals surface area contributed by atoms with Crippen molar-refractivity contribution < 1.29 is 4.79 Å². The van der Waals surface area contributed by atoms with Gasteiger partial charge in [0.15, 0.2) is 0 Å². The zero-order valence-electron chi connectivity index (χ0n) is 11.7. The third-order valence-electron chi connectivity index (χ3n) is 4.88. The van der Waals surface area contributed by atoms with Crippen molar-refractivity contribution in [3.05, 3.63) is 35.4 Å². The molecule has 1 aromatic rings. The maximum absolute atomic E-state index is 12.1. The smallest absolute Gasteiger partial charge is 0.224 e. The van der Waals surface area contributed by atoms with Gasteiger partial charge >= 0.3 is 0 Å². The summed E-state index contributed by atoms with van der Waals surface area (Å²) in [6, 6.07) is 8.87. The quantitative estimate of drug-likeness (QED) is 0.882. The topological polar surface area (TPSA) is 29.1 Å². The van der Waals surface area contributed by atoms with Gasteiger partial charge in [-0.2, -0.15) is 0 Å². The van der Waals surface area contributed by atoms with Crippen molar-refractivity contribution in [3.8, 4) is 0 Å². The second-order valence-corrected chi connectivity index (χ2v) is 6.20. The van der Waals surface area contributed by atoms with Crippen LogP contribution in [0, 0.1) is 11.8 Å². The van der Waals surface area contributed by atoms with Crippen LogP contribution >= 0.6 is 0 Å². The Labute approximate surface area is 115 Å². The van der Waals surface area contributed by atoms with Gasteiger partial charge in [-0.1, -0.05) is 37.6 Å². The van der Waals surface area contributed by atoms with Crippen molar-refractivity contribution in [2.24, 2.45) is 11.8 Å². The summed E-state index contributed by atoms with van der Waals surface area (Å²) in [7, 11) is 0. The first-order chi connectivity index (χ1) is 9.24. The fraction of sp³-hybridized carbons (Fsp3) is 0.588. The van der Waals surface area contributed by atoms with Crippen LogP contribution in [0.1, 0.15) is 43.7 Å². The number of carbonyl (C=O) groups excluding carboxylic acids is 1. The van der Waals surface area contributed by atoms with Gasteiger partial charge in [0.05, 0.1) is 6.42 Å². The normalized spacial score (nSPS) is 28.6. The van der Waals surface area contributed by atoms with Gasteiger partial charge in [-0.15, -0.1) is 0 Å². The van der Waals surface area contributed by atoms with Crippen LogP contribution in [-0.2, 0) is 17.6 Å². The molecule has 2 nitrogen and oxygen atoms in total. The van der Waals surface area contributed by atoms with E-state index >= 15 is 0 Å². The number of amides is 1. The molecule has 2 aliphatic carbocycles. The molecule has 2 aliphatic rings. The molecule has 2 bridgehead atoms. The molecule has 0 saturated heterocycles. The fourth-order valence-electron chi connectivity index (χ4n) is 3.76. The molecule has 0 aromatic heterocycles. The van der Waals surface area contributed by atoms with Gasteiger partial charge in [0.25, 0.3) is 0 Å². The maximum atomic E-state index is 12.1. The predicted molar refractivity (Wildman–Crippen MR) is 76.9 cm³/mol. The molecule has 102 valence electrons. The summed E-state index contributed by atoms with van der Waals surface area (Å²) in [4.78, 5) is 12.1. The highest BCUT2D eigenvalue weighted by molar-refractivity contribution is 5.79. The van der Waals surface area contributed by atoms with Crippen molar-refractivity contribution in [1.29, 1.82) is 0 Å². The van der Waals surface area contributed by atoms with Gasteiger partial charge in [0.1, 0.15) is 0 Å². The lowest BCUT2D eigenvalue weighted by atomic mass is 9.95. The minimum Gasteiger partial charge on any atom is -0.353 e. The first-order valence-corrected chi connectivity index (χ1v) is 7.61. The molecule has 2 fully saturated rings. The minimum absolute atomic E-state index is 0.196. The average molecular weight is 257 g/mol.